The third kappa shape index (κ3) is 5.29. The molecule has 1 aliphatic heterocycles. The van der Waals surface area contributed by atoms with Crippen molar-refractivity contribution >= 4 is 17.9 Å². The van der Waals surface area contributed by atoms with E-state index in [0.29, 0.717) is 17.7 Å². The summed E-state index contributed by atoms with van der Waals surface area (Å²) in [7, 11) is 1.84. The van der Waals surface area contributed by atoms with Crippen LogP contribution in [0.2, 0.25) is 0 Å². The Hall–Kier alpha value is -3.32. The van der Waals surface area contributed by atoms with Crippen LogP contribution in [-0.2, 0) is 6.42 Å². The summed E-state index contributed by atoms with van der Waals surface area (Å²) in [5.74, 6) is 2.22. The number of benzene rings is 1. The summed E-state index contributed by atoms with van der Waals surface area (Å²) in [6.07, 6.45) is 9.40. The number of piperidine rings is 1. The number of nitrogens with one attached hydrogen (secondary N) is 3. The minimum Gasteiger partial charge on any atom is -0.372 e. The van der Waals surface area contributed by atoms with Crippen molar-refractivity contribution in [3.63, 3.8) is 0 Å². The van der Waals surface area contributed by atoms with Crippen LogP contribution in [0, 0.1) is 5.41 Å². The molecule has 0 spiro atoms. The molecule has 166 valence electrons. The van der Waals surface area contributed by atoms with E-state index in [1.807, 2.05) is 49.8 Å². The summed E-state index contributed by atoms with van der Waals surface area (Å²) in [6.45, 7) is 2.85. The van der Waals surface area contributed by atoms with E-state index in [4.69, 9.17) is 10.4 Å². The Morgan fingerprint density at radius 1 is 1.06 bits per heavy atom. The Balaban J connectivity index is 1.38. The summed E-state index contributed by atoms with van der Waals surface area (Å²) in [5.41, 5.74) is 3.07. The van der Waals surface area contributed by atoms with Crippen molar-refractivity contribution < 1.29 is 0 Å². The van der Waals surface area contributed by atoms with Crippen LogP contribution < -0.4 is 15.5 Å². The third-order valence-electron chi connectivity index (χ3n) is 5.96. The van der Waals surface area contributed by atoms with Crippen LogP contribution in [0.1, 0.15) is 30.4 Å². The van der Waals surface area contributed by atoms with Gasteiger partial charge in [-0.3, -0.25) is 4.98 Å². The molecule has 0 aliphatic carbocycles. The minimum absolute atomic E-state index is 0.520. The number of hydrogen-bond donors (Lipinski definition) is 3. The predicted molar refractivity (Wildman–Crippen MR) is 131 cm³/mol. The van der Waals surface area contributed by atoms with E-state index in [-0.39, 0.29) is 0 Å². The van der Waals surface area contributed by atoms with E-state index in [2.05, 4.69) is 37.6 Å². The van der Waals surface area contributed by atoms with Gasteiger partial charge in [-0.2, -0.15) is 0 Å². The molecule has 32 heavy (non-hydrogen) atoms. The number of rotatable bonds is 9. The van der Waals surface area contributed by atoms with Crippen molar-refractivity contribution in [2.24, 2.45) is 0 Å². The van der Waals surface area contributed by atoms with Crippen molar-refractivity contribution in [1.29, 1.82) is 5.41 Å². The maximum absolute atomic E-state index is 7.96. The van der Waals surface area contributed by atoms with Gasteiger partial charge in [0.15, 0.2) is 5.82 Å². The summed E-state index contributed by atoms with van der Waals surface area (Å²) < 4.78 is 0. The molecule has 0 amide bonds. The van der Waals surface area contributed by atoms with E-state index >= 15 is 0 Å². The summed E-state index contributed by atoms with van der Waals surface area (Å²) in [5, 5.41) is 14.8. The molecule has 1 saturated heterocycles. The lowest BCUT2D eigenvalue weighted by molar-refractivity contribution is 0.411. The fourth-order valence-corrected chi connectivity index (χ4v) is 4.18. The van der Waals surface area contributed by atoms with Gasteiger partial charge in [-0.05, 0) is 49.9 Å². The molecule has 0 bridgehead atoms. The normalized spacial score (nSPS) is 14.3. The second kappa shape index (κ2) is 10.8. The van der Waals surface area contributed by atoms with Gasteiger partial charge in [0.1, 0.15) is 11.6 Å². The average Bonchev–Trinajstić information content (AvgIpc) is 2.87. The molecule has 2 aromatic heterocycles. The molecule has 0 radical (unpaired) electrons. The van der Waals surface area contributed by atoms with Crippen molar-refractivity contribution in [2.75, 3.05) is 36.9 Å². The molecular formula is C25H31N7. The highest BCUT2D eigenvalue weighted by Gasteiger charge is 2.24. The molecule has 3 aromatic rings. The lowest BCUT2D eigenvalue weighted by Gasteiger charge is -2.34. The number of pyridine rings is 1. The number of aromatic nitrogens is 3. The molecule has 7 nitrogen and oxygen atoms in total. The SMILES string of the molecule is CNc1nc(-c2ccccc2)nc(N2CCC(NCCCc3ccncc3)CC2)c1C=N. The van der Waals surface area contributed by atoms with Crippen LogP contribution in [-0.4, -0.2) is 53.9 Å². The fourth-order valence-electron chi connectivity index (χ4n) is 4.18. The van der Waals surface area contributed by atoms with E-state index in [0.717, 1.165) is 62.3 Å². The first-order valence-electron chi connectivity index (χ1n) is 11.3. The molecule has 1 fully saturated rings. The molecule has 1 aromatic carbocycles. The third-order valence-corrected chi connectivity index (χ3v) is 5.96. The van der Waals surface area contributed by atoms with E-state index in [9.17, 15) is 0 Å². The number of hydrogen-bond acceptors (Lipinski definition) is 7. The first-order chi connectivity index (χ1) is 15.8. The van der Waals surface area contributed by atoms with Crippen LogP contribution in [0.4, 0.5) is 11.6 Å². The fraction of sp³-hybridized carbons (Fsp3) is 0.360. The second-order valence-electron chi connectivity index (χ2n) is 8.07. The van der Waals surface area contributed by atoms with E-state index in [1.165, 1.54) is 11.8 Å². The Morgan fingerprint density at radius 3 is 2.50 bits per heavy atom. The van der Waals surface area contributed by atoms with Crippen molar-refractivity contribution in [1.82, 2.24) is 20.3 Å². The molecule has 7 heteroatoms. The molecule has 1 aliphatic rings. The summed E-state index contributed by atoms with van der Waals surface area (Å²) in [6, 6.07) is 14.7. The zero-order valence-electron chi connectivity index (χ0n) is 18.6. The Labute approximate surface area is 189 Å². The quantitative estimate of drug-likeness (QED) is 0.354. The van der Waals surface area contributed by atoms with Gasteiger partial charge < -0.3 is 20.9 Å². The van der Waals surface area contributed by atoms with Crippen molar-refractivity contribution in [3.8, 4) is 11.4 Å². The molecule has 0 atom stereocenters. The van der Waals surface area contributed by atoms with Gasteiger partial charge in [-0.1, -0.05) is 30.3 Å². The van der Waals surface area contributed by atoms with Gasteiger partial charge in [0.25, 0.3) is 0 Å². The molecule has 3 heterocycles. The minimum atomic E-state index is 0.520. The van der Waals surface area contributed by atoms with Crippen LogP contribution in [0.25, 0.3) is 11.4 Å². The maximum Gasteiger partial charge on any atom is 0.163 e. The Bertz CT molecular complexity index is 1000. The lowest BCUT2D eigenvalue weighted by Crippen LogP contribution is -2.43. The van der Waals surface area contributed by atoms with Crippen LogP contribution in [0.3, 0.4) is 0 Å². The van der Waals surface area contributed by atoms with Gasteiger partial charge in [0, 0.05) is 50.4 Å². The van der Waals surface area contributed by atoms with Gasteiger partial charge in [-0.15, -0.1) is 0 Å². The number of anilines is 2. The molecule has 3 N–H and O–H groups in total. The van der Waals surface area contributed by atoms with Crippen LogP contribution in [0.5, 0.6) is 0 Å². The van der Waals surface area contributed by atoms with Gasteiger partial charge >= 0.3 is 0 Å². The van der Waals surface area contributed by atoms with Gasteiger partial charge in [0.05, 0.1) is 5.56 Å². The maximum atomic E-state index is 7.96. The molecule has 4 rings (SSSR count). The zero-order valence-corrected chi connectivity index (χ0v) is 18.6. The standard InChI is InChI=1S/C25H31N7/c1-27-24-22(18-26)25(31-23(30-24)20-7-3-2-4-8-20)32-16-11-21(12-17-32)29-13-5-6-19-9-14-28-15-10-19/h2-4,7-10,14-15,18,21,26,29H,5-6,11-13,16-17H2,1H3,(H,27,30,31). The largest absolute Gasteiger partial charge is 0.372 e. The summed E-state index contributed by atoms with van der Waals surface area (Å²) >= 11 is 0. The Morgan fingerprint density at radius 2 is 1.81 bits per heavy atom. The zero-order chi connectivity index (χ0) is 22.2. The van der Waals surface area contributed by atoms with Crippen molar-refractivity contribution in [3.05, 3.63) is 66.0 Å². The number of aryl methyl sites for hydroxylation is 1. The molecule has 0 unspecified atom stereocenters. The van der Waals surface area contributed by atoms with Crippen LogP contribution >= 0.6 is 0 Å². The van der Waals surface area contributed by atoms with E-state index in [1.54, 1.807) is 0 Å². The Kier molecular flexibility index (Phi) is 7.40. The van der Waals surface area contributed by atoms with Gasteiger partial charge in [-0.25, -0.2) is 9.97 Å². The highest BCUT2D eigenvalue weighted by atomic mass is 15.2. The van der Waals surface area contributed by atoms with E-state index < -0.39 is 0 Å². The first-order valence-corrected chi connectivity index (χ1v) is 11.3. The molecular weight excluding hydrogens is 398 g/mol. The first kappa shape index (κ1) is 21.9. The second-order valence-corrected chi connectivity index (χ2v) is 8.07. The topological polar surface area (TPSA) is 89.8 Å². The lowest BCUT2D eigenvalue weighted by atomic mass is 10.0. The number of nitrogens with zero attached hydrogens (tertiary/aromatic N) is 4. The molecule has 0 saturated carbocycles. The highest BCUT2D eigenvalue weighted by molar-refractivity contribution is 5.92. The van der Waals surface area contributed by atoms with Crippen LogP contribution in [0.15, 0.2) is 54.9 Å². The summed E-state index contributed by atoms with van der Waals surface area (Å²) in [4.78, 5) is 15.9. The smallest absolute Gasteiger partial charge is 0.163 e. The average molecular weight is 430 g/mol. The predicted octanol–water partition coefficient (Wildman–Crippen LogP) is 3.77. The van der Waals surface area contributed by atoms with Gasteiger partial charge in [0.2, 0.25) is 0 Å². The highest BCUT2D eigenvalue weighted by Crippen LogP contribution is 2.29. The monoisotopic (exact) mass is 429 g/mol. The van der Waals surface area contributed by atoms with Crippen molar-refractivity contribution in [2.45, 2.75) is 31.7 Å².